The monoisotopic (exact) mass is 381 g/mol. The third kappa shape index (κ3) is 3.98. The average Bonchev–Trinajstić information content (AvgIpc) is 3.10. The number of aromatic nitrogens is 1. The molecule has 0 spiro atoms. The van der Waals surface area contributed by atoms with Gasteiger partial charge in [-0.1, -0.05) is 37.2 Å². The SMILES string of the molecule is CO/N=C\c1cc2ccccc2n1C1CCN(C2CCC(C(C)C)CC2)CC1. The van der Waals surface area contributed by atoms with Gasteiger partial charge in [0.2, 0.25) is 0 Å². The molecule has 0 amide bonds. The highest BCUT2D eigenvalue weighted by Gasteiger charge is 2.31. The lowest BCUT2D eigenvalue weighted by atomic mass is 9.79. The van der Waals surface area contributed by atoms with Crippen molar-refractivity contribution in [2.75, 3.05) is 20.2 Å². The van der Waals surface area contributed by atoms with Gasteiger partial charge in [0.25, 0.3) is 0 Å². The molecule has 1 aromatic heterocycles. The molecule has 1 aromatic carbocycles. The summed E-state index contributed by atoms with van der Waals surface area (Å²) in [4.78, 5) is 7.73. The zero-order valence-electron chi connectivity index (χ0n) is 17.7. The molecule has 2 fully saturated rings. The lowest BCUT2D eigenvalue weighted by Crippen LogP contribution is -2.44. The van der Waals surface area contributed by atoms with Crippen molar-refractivity contribution in [2.24, 2.45) is 17.0 Å². The second kappa shape index (κ2) is 8.69. The summed E-state index contributed by atoms with van der Waals surface area (Å²) in [6, 6.07) is 12.3. The molecule has 0 bridgehead atoms. The van der Waals surface area contributed by atoms with E-state index in [0.717, 1.165) is 23.6 Å². The Bertz CT molecular complexity index is 793. The molecule has 2 heterocycles. The lowest BCUT2D eigenvalue weighted by Gasteiger charge is -2.42. The second-order valence-corrected chi connectivity index (χ2v) is 8.99. The van der Waals surface area contributed by atoms with Gasteiger partial charge in [0, 0.05) is 36.1 Å². The number of likely N-dealkylation sites (tertiary alicyclic amines) is 1. The molecule has 4 rings (SSSR count). The van der Waals surface area contributed by atoms with Gasteiger partial charge in [-0.3, -0.25) is 0 Å². The number of para-hydroxylation sites is 1. The maximum Gasteiger partial charge on any atom is 0.106 e. The van der Waals surface area contributed by atoms with Crippen LogP contribution in [0.25, 0.3) is 10.9 Å². The van der Waals surface area contributed by atoms with Gasteiger partial charge in [0.05, 0.1) is 11.9 Å². The predicted octanol–water partition coefficient (Wildman–Crippen LogP) is 5.47. The van der Waals surface area contributed by atoms with E-state index in [2.05, 4.69) is 58.8 Å². The van der Waals surface area contributed by atoms with Crippen LogP contribution in [-0.4, -0.2) is 41.9 Å². The summed E-state index contributed by atoms with van der Waals surface area (Å²) < 4.78 is 2.49. The molecule has 2 aromatic rings. The van der Waals surface area contributed by atoms with Gasteiger partial charge >= 0.3 is 0 Å². The fourth-order valence-corrected chi connectivity index (χ4v) is 5.45. The maximum absolute atomic E-state index is 4.95. The Labute approximate surface area is 169 Å². The minimum absolute atomic E-state index is 0.543. The van der Waals surface area contributed by atoms with Crippen LogP contribution in [0.2, 0.25) is 0 Å². The second-order valence-electron chi connectivity index (χ2n) is 8.99. The fourth-order valence-electron chi connectivity index (χ4n) is 5.45. The quantitative estimate of drug-likeness (QED) is 0.507. The predicted molar refractivity (Wildman–Crippen MR) is 117 cm³/mol. The molecule has 0 N–H and O–H groups in total. The number of nitrogens with zero attached hydrogens (tertiary/aromatic N) is 3. The third-order valence-electron chi connectivity index (χ3n) is 7.13. The van der Waals surface area contributed by atoms with E-state index < -0.39 is 0 Å². The van der Waals surface area contributed by atoms with Crippen LogP contribution < -0.4 is 0 Å². The largest absolute Gasteiger partial charge is 0.399 e. The fraction of sp³-hybridized carbons (Fsp3) is 0.625. The first kappa shape index (κ1) is 19.5. The van der Waals surface area contributed by atoms with E-state index in [1.165, 1.54) is 62.5 Å². The Morgan fingerprint density at radius 1 is 1.00 bits per heavy atom. The van der Waals surface area contributed by atoms with Crippen LogP contribution in [0.15, 0.2) is 35.5 Å². The molecule has 28 heavy (non-hydrogen) atoms. The van der Waals surface area contributed by atoms with Crippen LogP contribution in [0.1, 0.15) is 64.1 Å². The van der Waals surface area contributed by atoms with E-state index in [9.17, 15) is 0 Å². The van der Waals surface area contributed by atoms with Crippen molar-refractivity contribution in [1.82, 2.24) is 9.47 Å². The number of hydrogen-bond donors (Lipinski definition) is 0. The number of benzene rings is 1. The van der Waals surface area contributed by atoms with Crippen molar-refractivity contribution in [1.29, 1.82) is 0 Å². The van der Waals surface area contributed by atoms with E-state index in [1.54, 1.807) is 7.11 Å². The van der Waals surface area contributed by atoms with Crippen LogP contribution >= 0.6 is 0 Å². The number of rotatable bonds is 5. The summed E-state index contributed by atoms with van der Waals surface area (Å²) in [5, 5.41) is 5.33. The summed E-state index contributed by atoms with van der Waals surface area (Å²) >= 11 is 0. The summed E-state index contributed by atoms with van der Waals surface area (Å²) in [5.41, 5.74) is 2.47. The van der Waals surface area contributed by atoms with Gasteiger partial charge in [0.1, 0.15) is 7.11 Å². The van der Waals surface area contributed by atoms with Gasteiger partial charge in [-0.15, -0.1) is 0 Å². The summed E-state index contributed by atoms with van der Waals surface area (Å²) in [7, 11) is 1.61. The first-order valence-corrected chi connectivity index (χ1v) is 11.1. The molecular formula is C24H35N3O. The normalized spacial score (nSPS) is 25.1. The van der Waals surface area contributed by atoms with E-state index in [-0.39, 0.29) is 0 Å². The van der Waals surface area contributed by atoms with Crippen molar-refractivity contribution in [3.8, 4) is 0 Å². The minimum Gasteiger partial charge on any atom is -0.399 e. The van der Waals surface area contributed by atoms with E-state index in [4.69, 9.17) is 4.84 Å². The number of oxime groups is 1. The summed E-state index contributed by atoms with van der Waals surface area (Å²) in [5.74, 6) is 1.79. The molecule has 1 aliphatic heterocycles. The molecular weight excluding hydrogens is 346 g/mol. The highest BCUT2D eigenvalue weighted by molar-refractivity contribution is 5.90. The van der Waals surface area contributed by atoms with Crippen LogP contribution in [-0.2, 0) is 4.84 Å². The standard InChI is InChI=1S/C24H35N3O/c1-18(2)19-8-10-21(11-9-19)26-14-12-22(13-15-26)27-23(17-25-28-3)16-20-6-4-5-7-24(20)27/h4-7,16-19,21-22H,8-15H2,1-3H3/b25-17-. The molecule has 4 heteroatoms. The van der Waals surface area contributed by atoms with Crippen molar-refractivity contribution in [2.45, 2.75) is 64.5 Å². The van der Waals surface area contributed by atoms with Crippen LogP contribution in [0.3, 0.4) is 0 Å². The first-order valence-electron chi connectivity index (χ1n) is 11.1. The Balaban J connectivity index is 1.45. The molecule has 1 saturated carbocycles. The van der Waals surface area contributed by atoms with E-state index in [0.29, 0.717) is 6.04 Å². The number of piperidine rings is 1. The molecule has 0 atom stereocenters. The molecule has 0 unspecified atom stereocenters. The highest BCUT2D eigenvalue weighted by atomic mass is 16.6. The average molecular weight is 382 g/mol. The molecule has 152 valence electrons. The topological polar surface area (TPSA) is 29.8 Å². The number of fused-ring (bicyclic) bond motifs is 1. The van der Waals surface area contributed by atoms with Gasteiger partial charge < -0.3 is 14.3 Å². The summed E-state index contributed by atoms with van der Waals surface area (Å²) in [6.45, 7) is 7.22. The summed E-state index contributed by atoms with van der Waals surface area (Å²) in [6.07, 6.45) is 9.93. The zero-order chi connectivity index (χ0) is 19.5. The van der Waals surface area contributed by atoms with Gasteiger partial charge in [0.15, 0.2) is 0 Å². The number of hydrogen-bond acceptors (Lipinski definition) is 3. The zero-order valence-corrected chi connectivity index (χ0v) is 17.7. The molecule has 4 nitrogen and oxygen atoms in total. The Kier molecular flexibility index (Phi) is 6.05. The third-order valence-corrected chi connectivity index (χ3v) is 7.13. The Hall–Kier alpha value is -1.81. The van der Waals surface area contributed by atoms with E-state index in [1.807, 2.05) is 6.21 Å². The van der Waals surface area contributed by atoms with E-state index >= 15 is 0 Å². The van der Waals surface area contributed by atoms with Crippen molar-refractivity contribution < 1.29 is 4.84 Å². The van der Waals surface area contributed by atoms with Crippen molar-refractivity contribution in [3.63, 3.8) is 0 Å². The Morgan fingerprint density at radius 3 is 2.39 bits per heavy atom. The Morgan fingerprint density at radius 2 is 1.71 bits per heavy atom. The van der Waals surface area contributed by atoms with Gasteiger partial charge in [-0.2, -0.15) is 0 Å². The smallest absolute Gasteiger partial charge is 0.106 e. The van der Waals surface area contributed by atoms with Gasteiger partial charge in [-0.25, -0.2) is 0 Å². The van der Waals surface area contributed by atoms with Crippen molar-refractivity contribution in [3.05, 3.63) is 36.0 Å². The lowest BCUT2D eigenvalue weighted by molar-refractivity contribution is 0.0893. The highest BCUT2D eigenvalue weighted by Crippen LogP contribution is 2.35. The molecule has 2 aliphatic rings. The minimum atomic E-state index is 0.543. The molecule has 1 aliphatic carbocycles. The first-order chi connectivity index (χ1) is 13.7. The van der Waals surface area contributed by atoms with Crippen LogP contribution in [0.5, 0.6) is 0 Å². The van der Waals surface area contributed by atoms with Crippen LogP contribution in [0.4, 0.5) is 0 Å². The van der Waals surface area contributed by atoms with Gasteiger partial charge in [-0.05, 0) is 62.5 Å². The van der Waals surface area contributed by atoms with Crippen LogP contribution in [0, 0.1) is 11.8 Å². The molecule has 1 saturated heterocycles. The van der Waals surface area contributed by atoms with Crippen molar-refractivity contribution >= 4 is 17.1 Å². The maximum atomic E-state index is 4.95. The molecule has 0 radical (unpaired) electrons.